The van der Waals surface area contributed by atoms with Gasteiger partial charge in [0.05, 0.1) is 0 Å². The van der Waals surface area contributed by atoms with Crippen molar-refractivity contribution in [3.8, 4) is 0 Å². The third kappa shape index (κ3) is 2.57. The highest BCUT2D eigenvalue weighted by molar-refractivity contribution is 5.33. The van der Waals surface area contributed by atoms with Crippen molar-refractivity contribution in [1.82, 2.24) is 9.97 Å². The first kappa shape index (κ1) is 12.3. The maximum Gasteiger partial charge on any atom is 0.162 e. The van der Waals surface area contributed by atoms with E-state index in [1.165, 1.54) is 19.3 Å². The van der Waals surface area contributed by atoms with Crippen LogP contribution in [-0.2, 0) is 10.3 Å². The van der Waals surface area contributed by atoms with Gasteiger partial charge in [-0.15, -0.1) is 0 Å². The zero-order valence-corrected chi connectivity index (χ0v) is 10.7. The van der Waals surface area contributed by atoms with E-state index < -0.39 is 0 Å². The lowest BCUT2D eigenvalue weighted by atomic mass is 9.84. The van der Waals surface area contributed by atoms with E-state index in [9.17, 15) is 0 Å². The molecule has 1 aromatic heterocycles. The zero-order chi connectivity index (χ0) is 12.1. The maximum atomic E-state index is 5.75. The van der Waals surface area contributed by atoms with E-state index >= 15 is 0 Å². The van der Waals surface area contributed by atoms with Gasteiger partial charge in [0.25, 0.3) is 0 Å². The first-order chi connectivity index (χ1) is 8.30. The van der Waals surface area contributed by atoms with Crippen LogP contribution in [0.1, 0.15) is 44.9 Å². The fraction of sp³-hybridized carbons (Fsp3) is 0.692. The molecule has 0 spiro atoms. The van der Waals surface area contributed by atoms with Crippen molar-refractivity contribution < 1.29 is 4.74 Å². The lowest BCUT2D eigenvalue weighted by Gasteiger charge is -2.34. The van der Waals surface area contributed by atoms with E-state index in [1.807, 2.05) is 12.3 Å². The summed E-state index contributed by atoms with van der Waals surface area (Å²) >= 11 is 0. The summed E-state index contributed by atoms with van der Waals surface area (Å²) in [6, 6.07) is 1.90. The van der Waals surface area contributed by atoms with Crippen LogP contribution in [-0.4, -0.2) is 23.6 Å². The molecule has 1 N–H and O–H groups in total. The highest BCUT2D eigenvalue weighted by Crippen LogP contribution is 2.38. The second-order valence-electron chi connectivity index (χ2n) is 4.55. The molecule has 0 bridgehead atoms. The number of hydrogen-bond donors (Lipinski definition) is 1. The van der Waals surface area contributed by atoms with Gasteiger partial charge in [-0.3, -0.25) is 0 Å². The Balaban J connectivity index is 2.26. The van der Waals surface area contributed by atoms with Crippen LogP contribution in [0.25, 0.3) is 0 Å². The van der Waals surface area contributed by atoms with Gasteiger partial charge in [-0.25, -0.2) is 9.97 Å². The van der Waals surface area contributed by atoms with Gasteiger partial charge in [0.2, 0.25) is 0 Å². The molecule has 0 saturated heterocycles. The Morgan fingerprint density at radius 3 is 2.76 bits per heavy atom. The molecule has 0 atom stereocenters. The largest absolute Gasteiger partial charge is 0.370 e. The van der Waals surface area contributed by atoms with E-state index in [4.69, 9.17) is 4.74 Å². The Hall–Kier alpha value is -1.16. The van der Waals surface area contributed by atoms with Gasteiger partial charge in [0.1, 0.15) is 11.4 Å². The average Bonchev–Trinajstić information content (AvgIpc) is 2.40. The summed E-state index contributed by atoms with van der Waals surface area (Å²) in [6.07, 6.45) is 7.55. The molecule has 1 aromatic rings. The highest BCUT2D eigenvalue weighted by Gasteiger charge is 2.36. The van der Waals surface area contributed by atoms with Crippen molar-refractivity contribution in [3.05, 3.63) is 18.1 Å². The molecule has 0 aromatic carbocycles. The third-order valence-corrected chi connectivity index (χ3v) is 3.47. The minimum Gasteiger partial charge on any atom is -0.370 e. The summed E-state index contributed by atoms with van der Waals surface area (Å²) in [6.45, 7) is 2.94. The molecule has 0 aliphatic heterocycles. The highest BCUT2D eigenvalue weighted by atomic mass is 16.5. The topological polar surface area (TPSA) is 47.0 Å². The Morgan fingerprint density at radius 2 is 2.12 bits per heavy atom. The molecule has 4 heteroatoms. The summed E-state index contributed by atoms with van der Waals surface area (Å²) in [4.78, 5) is 8.99. The van der Waals surface area contributed by atoms with Crippen LogP contribution in [0.15, 0.2) is 12.3 Å². The SMILES string of the molecule is CCNc1ccnc(C2(OC)CCCCC2)n1. The molecule has 1 aliphatic rings. The van der Waals surface area contributed by atoms with Crippen molar-refractivity contribution in [2.24, 2.45) is 0 Å². The first-order valence-corrected chi connectivity index (χ1v) is 6.43. The van der Waals surface area contributed by atoms with Crippen molar-refractivity contribution in [1.29, 1.82) is 0 Å². The lowest BCUT2D eigenvalue weighted by molar-refractivity contribution is -0.0514. The fourth-order valence-corrected chi connectivity index (χ4v) is 2.50. The fourth-order valence-electron chi connectivity index (χ4n) is 2.50. The Kier molecular flexibility index (Phi) is 3.94. The number of rotatable bonds is 4. The predicted octanol–water partition coefficient (Wildman–Crippen LogP) is 2.71. The molecule has 1 heterocycles. The normalized spacial score (nSPS) is 18.9. The molecule has 17 heavy (non-hydrogen) atoms. The van der Waals surface area contributed by atoms with Gasteiger partial charge in [-0.05, 0) is 25.8 Å². The Labute approximate surface area is 103 Å². The van der Waals surface area contributed by atoms with Crippen molar-refractivity contribution in [2.75, 3.05) is 19.0 Å². The maximum absolute atomic E-state index is 5.75. The molecule has 94 valence electrons. The number of hydrogen-bond acceptors (Lipinski definition) is 4. The minimum atomic E-state index is -0.260. The van der Waals surface area contributed by atoms with Crippen LogP contribution in [0.4, 0.5) is 5.82 Å². The van der Waals surface area contributed by atoms with Crippen LogP contribution in [0.2, 0.25) is 0 Å². The van der Waals surface area contributed by atoms with Gasteiger partial charge < -0.3 is 10.1 Å². The molecular weight excluding hydrogens is 214 g/mol. The van der Waals surface area contributed by atoms with Gasteiger partial charge in [-0.1, -0.05) is 19.3 Å². The second-order valence-corrected chi connectivity index (χ2v) is 4.55. The molecular formula is C13H21N3O. The molecule has 0 unspecified atom stereocenters. The van der Waals surface area contributed by atoms with Crippen molar-refractivity contribution >= 4 is 5.82 Å². The number of methoxy groups -OCH3 is 1. The average molecular weight is 235 g/mol. The number of aromatic nitrogens is 2. The first-order valence-electron chi connectivity index (χ1n) is 6.43. The zero-order valence-electron chi connectivity index (χ0n) is 10.7. The minimum absolute atomic E-state index is 0.260. The number of nitrogens with one attached hydrogen (secondary N) is 1. The van der Waals surface area contributed by atoms with E-state index in [2.05, 4.69) is 22.2 Å². The van der Waals surface area contributed by atoms with Crippen LogP contribution in [0.5, 0.6) is 0 Å². The monoisotopic (exact) mass is 235 g/mol. The number of anilines is 1. The molecule has 1 aliphatic carbocycles. The summed E-state index contributed by atoms with van der Waals surface area (Å²) in [5, 5.41) is 3.22. The predicted molar refractivity (Wildman–Crippen MR) is 68.0 cm³/mol. The smallest absolute Gasteiger partial charge is 0.162 e. The molecule has 0 amide bonds. The van der Waals surface area contributed by atoms with Crippen LogP contribution in [0.3, 0.4) is 0 Å². The quantitative estimate of drug-likeness (QED) is 0.871. The van der Waals surface area contributed by atoms with Gasteiger partial charge in [0.15, 0.2) is 5.82 Å². The van der Waals surface area contributed by atoms with E-state index in [0.717, 1.165) is 31.0 Å². The summed E-state index contributed by atoms with van der Waals surface area (Å²) in [5.74, 6) is 1.72. The molecule has 1 fully saturated rings. The molecule has 0 radical (unpaired) electrons. The van der Waals surface area contributed by atoms with E-state index in [-0.39, 0.29) is 5.60 Å². The van der Waals surface area contributed by atoms with E-state index in [1.54, 1.807) is 7.11 Å². The molecule has 1 saturated carbocycles. The summed E-state index contributed by atoms with van der Waals surface area (Å²) in [7, 11) is 1.77. The third-order valence-electron chi connectivity index (χ3n) is 3.47. The summed E-state index contributed by atoms with van der Waals surface area (Å²) in [5.41, 5.74) is -0.260. The van der Waals surface area contributed by atoms with Crippen LogP contribution < -0.4 is 5.32 Å². The lowest BCUT2D eigenvalue weighted by Crippen LogP contribution is -2.33. The molecule has 2 rings (SSSR count). The van der Waals surface area contributed by atoms with Gasteiger partial charge in [-0.2, -0.15) is 0 Å². The van der Waals surface area contributed by atoms with Crippen LogP contribution in [0, 0.1) is 0 Å². The molecule has 4 nitrogen and oxygen atoms in total. The van der Waals surface area contributed by atoms with Gasteiger partial charge in [0, 0.05) is 19.9 Å². The standard InChI is InChI=1S/C13H21N3O/c1-3-14-11-7-10-15-12(16-11)13(17-2)8-5-4-6-9-13/h7,10H,3-6,8-9H2,1-2H3,(H,14,15,16). The number of ether oxygens (including phenoxy) is 1. The van der Waals surface area contributed by atoms with Crippen LogP contribution >= 0.6 is 0 Å². The number of nitrogens with zero attached hydrogens (tertiary/aromatic N) is 2. The Morgan fingerprint density at radius 1 is 1.35 bits per heavy atom. The summed E-state index contributed by atoms with van der Waals surface area (Å²) < 4.78 is 5.75. The van der Waals surface area contributed by atoms with E-state index in [0.29, 0.717) is 0 Å². The van der Waals surface area contributed by atoms with Gasteiger partial charge >= 0.3 is 0 Å². The Bertz CT molecular complexity index is 361. The van der Waals surface area contributed by atoms with Crippen molar-refractivity contribution in [2.45, 2.75) is 44.6 Å². The van der Waals surface area contributed by atoms with Crippen molar-refractivity contribution in [3.63, 3.8) is 0 Å². The second kappa shape index (κ2) is 5.45.